The van der Waals surface area contributed by atoms with Gasteiger partial charge in [0.05, 0.1) is 21.2 Å². The normalized spacial score (nSPS) is 20.5. The number of benzene rings is 1. The summed E-state index contributed by atoms with van der Waals surface area (Å²) in [6, 6.07) is 2.41. The van der Waals surface area contributed by atoms with Gasteiger partial charge in [-0.15, -0.1) is 0 Å². The zero-order valence-electron chi connectivity index (χ0n) is 13.0. The SMILES string of the molecule is CC1(C)OB(C(=Cc2c(Cl)cc(F)cc2Cl)CN)OC1(C)C. The van der Waals surface area contributed by atoms with E-state index in [-0.39, 0.29) is 16.6 Å². The molecule has 3 nitrogen and oxygen atoms in total. The first-order valence-corrected chi connectivity index (χ1v) is 7.74. The van der Waals surface area contributed by atoms with Gasteiger partial charge in [0.25, 0.3) is 0 Å². The van der Waals surface area contributed by atoms with Gasteiger partial charge in [0.1, 0.15) is 5.82 Å². The van der Waals surface area contributed by atoms with Crippen LogP contribution < -0.4 is 5.73 Å². The molecule has 1 aliphatic heterocycles. The molecule has 0 spiro atoms. The van der Waals surface area contributed by atoms with Crippen molar-refractivity contribution in [3.8, 4) is 0 Å². The third-order valence-corrected chi connectivity index (χ3v) is 4.79. The fraction of sp³-hybridized carbons (Fsp3) is 0.467. The molecule has 2 N–H and O–H groups in total. The molecule has 1 aromatic carbocycles. The Morgan fingerprint density at radius 2 is 1.64 bits per heavy atom. The summed E-state index contributed by atoms with van der Waals surface area (Å²) < 4.78 is 25.2. The lowest BCUT2D eigenvalue weighted by Gasteiger charge is -2.32. The third-order valence-electron chi connectivity index (χ3n) is 4.17. The zero-order valence-corrected chi connectivity index (χ0v) is 14.6. The summed E-state index contributed by atoms with van der Waals surface area (Å²) in [5.41, 5.74) is 6.07. The third kappa shape index (κ3) is 3.34. The maximum atomic E-state index is 13.3. The fourth-order valence-electron chi connectivity index (χ4n) is 2.09. The molecule has 0 saturated carbocycles. The van der Waals surface area contributed by atoms with E-state index in [9.17, 15) is 4.39 Å². The molecule has 0 radical (unpaired) electrons. The van der Waals surface area contributed by atoms with Gasteiger partial charge in [-0.3, -0.25) is 0 Å². The van der Waals surface area contributed by atoms with Crippen molar-refractivity contribution >= 4 is 36.4 Å². The van der Waals surface area contributed by atoms with Gasteiger partial charge < -0.3 is 15.0 Å². The number of hydrogen-bond acceptors (Lipinski definition) is 3. The van der Waals surface area contributed by atoms with Gasteiger partial charge in [0.15, 0.2) is 0 Å². The molecule has 0 amide bonds. The van der Waals surface area contributed by atoms with Crippen molar-refractivity contribution in [2.75, 3.05) is 6.54 Å². The number of hydrogen-bond donors (Lipinski definition) is 1. The molecule has 1 saturated heterocycles. The van der Waals surface area contributed by atoms with Crippen LogP contribution >= 0.6 is 23.2 Å². The van der Waals surface area contributed by atoms with E-state index in [0.717, 1.165) is 0 Å². The summed E-state index contributed by atoms with van der Waals surface area (Å²) in [6.07, 6.45) is 1.70. The molecule has 22 heavy (non-hydrogen) atoms. The van der Waals surface area contributed by atoms with E-state index < -0.39 is 24.1 Å². The molecule has 0 aliphatic carbocycles. The van der Waals surface area contributed by atoms with Crippen molar-refractivity contribution in [2.45, 2.75) is 38.9 Å². The van der Waals surface area contributed by atoms with E-state index in [4.69, 9.17) is 38.2 Å². The van der Waals surface area contributed by atoms with Gasteiger partial charge in [-0.1, -0.05) is 29.3 Å². The Morgan fingerprint density at radius 1 is 1.18 bits per heavy atom. The van der Waals surface area contributed by atoms with Crippen molar-refractivity contribution in [1.29, 1.82) is 0 Å². The Bertz CT molecular complexity index is 581. The van der Waals surface area contributed by atoms with Crippen LogP contribution in [-0.2, 0) is 9.31 Å². The van der Waals surface area contributed by atoms with Crippen LogP contribution in [0.25, 0.3) is 6.08 Å². The summed E-state index contributed by atoms with van der Waals surface area (Å²) in [5, 5.41) is 0.430. The average molecular weight is 346 g/mol. The molecule has 1 aromatic rings. The first-order valence-electron chi connectivity index (χ1n) is 6.98. The van der Waals surface area contributed by atoms with Gasteiger partial charge in [0, 0.05) is 12.1 Å². The minimum absolute atomic E-state index is 0.209. The van der Waals surface area contributed by atoms with Gasteiger partial charge in [0.2, 0.25) is 0 Å². The van der Waals surface area contributed by atoms with Crippen molar-refractivity contribution in [1.82, 2.24) is 0 Å². The van der Waals surface area contributed by atoms with Crippen LogP contribution in [-0.4, -0.2) is 24.9 Å². The molecule has 1 aliphatic rings. The minimum atomic E-state index is -0.591. The molecule has 7 heteroatoms. The van der Waals surface area contributed by atoms with Crippen LogP contribution in [0.15, 0.2) is 17.6 Å². The summed E-state index contributed by atoms with van der Waals surface area (Å²) in [6.45, 7) is 8.04. The van der Waals surface area contributed by atoms with Crippen molar-refractivity contribution in [3.63, 3.8) is 0 Å². The van der Waals surface area contributed by atoms with E-state index in [2.05, 4.69) is 0 Å². The summed E-state index contributed by atoms with van der Waals surface area (Å²) >= 11 is 12.1. The second-order valence-electron chi connectivity index (χ2n) is 6.29. The van der Waals surface area contributed by atoms with E-state index in [0.29, 0.717) is 11.0 Å². The lowest BCUT2D eigenvalue weighted by atomic mass is 9.77. The van der Waals surface area contributed by atoms with Crippen LogP contribution in [0.2, 0.25) is 10.0 Å². The minimum Gasteiger partial charge on any atom is -0.400 e. The summed E-state index contributed by atoms with van der Waals surface area (Å²) in [4.78, 5) is 0. The Balaban J connectivity index is 2.38. The summed E-state index contributed by atoms with van der Waals surface area (Å²) in [5.74, 6) is -0.489. The topological polar surface area (TPSA) is 44.5 Å². The molecule has 0 atom stereocenters. The Morgan fingerprint density at radius 3 is 2.05 bits per heavy atom. The monoisotopic (exact) mass is 345 g/mol. The Labute approximate surface area is 140 Å². The smallest absolute Gasteiger partial charge is 0.400 e. The molecule has 0 bridgehead atoms. The average Bonchev–Trinajstić information content (AvgIpc) is 2.57. The van der Waals surface area contributed by atoms with Gasteiger partial charge in [-0.05, 0) is 45.3 Å². The molecular formula is C15H19BCl2FNO2. The second-order valence-corrected chi connectivity index (χ2v) is 7.11. The second kappa shape index (κ2) is 6.14. The zero-order chi connectivity index (χ0) is 16.7. The lowest BCUT2D eigenvalue weighted by Crippen LogP contribution is -2.41. The van der Waals surface area contributed by atoms with Crippen LogP contribution in [0.5, 0.6) is 0 Å². The van der Waals surface area contributed by atoms with Crippen molar-refractivity contribution in [3.05, 3.63) is 39.0 Å². The first-order chi connectivity index (χ1) is 10.1. The quantitative estimate of drug-likeness (QED) is 0.838. The van der Waals surface area contributed by atoms with Crippen LogP contribution in [0.1, 0.15) is 33.3 Å². The predicted octanol–water partition coefficient (Wildman–Crippen LogP) is 4.11. The molecule has 120 valence electrons. The number of nitrogens with two attached hydrogens (primary N) is 1. The highest BCUT2D eigenvalue weighted by Crippen LogP contribution is 2.39. The number of rotatable bonds is 3. The molecular weight excluding hydrogens is 327 g/mol. The van der Waals surface area contributed by atoms with E-state index in [1.807, 2.05) is 27.7 Å². The molecule has 0 aromatic heterocycles. The Hall–Kier alpha value is -0.585. The van der Waals surface area contributed by atoms with Gasteiger partial charge in [-0.2, -0.15) is 0 Å². The highest BCUT2D eigenvalue weighted by molar-refractivity contribution is 6.56. The highest BCUT2D eigenvalue weighted by Gasteiger charge is 2.52. The highest BCUT2D eigenvalue weighted by atomic mass is 35.5. The van der Waals surface area contributed by atoms with Crippen LogP contribution in [0, 0.1) is 5.82 Å². The fourth-order valence-corrected chi connectivity index (χ4v) is 2.66. The maximum Gasteiger partial charge on any atom is 0.491 e. The first kappa shape index (κ1) is 17.8. The number of halogens is 3. The van der Waals surface area contributed by atoms with Gasteiger partial charge >= 0.3 is 7.12 Å². The predicted molar refractivity (Wildman–Crippen MR) is 89.5 cm³/mol. The van der Waals surface area contributed by atoms with E-state index >= 15 is 0 Å². The van der Waals surface area contributed by atoms with Gasteiger partial charge in [-0.25, -0.2) is 4.39 Å². The molecule has 2 rings (SSSR count). The lowest BCUT2D eigenvalue weighted by molar-refractivity contribution is 0.00578. The molecule has 0 unspecified atom stereocenters. The van der Waals surface area contributed by atoms with Crippen LogP contribution in [0.3, 0.4) is 0 Å². The van der Waals surface area contributed by atoms with Crippen LogP contribution in [0.4, 0.5) is 4.39 Å². The van der Waals surface area contributed by atoms with Crippen molar-refractivity contribution < 1.29 is 13.7 Å². The molecule has 1 fully saturated rings. The largest absolute Gasteiger partial charge is 0.491 e. The maximum absolute atomic E-state index is 13.3. The standard InChI is InChI=1S/C15H19BCl2FNO2/c1-14(2)15(3,4)22-16(21-14)9(8-20)5-11-12(17)6-10(19)7-13(11)18/h5-7H,8,20H2,1-4H3. The van der Waals surface area contributed by atoms with Crippen molar-refractivity contribution in [2.24, 2.45) is 5.73 Å². The van der Waals surface area contributed by atoms with E-state index in [1.165, 1.54) is 12.1 Å². The summed E-state index contributed by atoms with van der Waals surface area (Å²) in [7, 11) is -0.591. The van der Waals surface area contributed by atoms with E-state index in [1.54, 1.807) is 6.08 Å². The molecule has 1 heterocycles. The Kier molecular flexibility index (Phi) is 4.95.